The second kappa shape index (κ2) is 6.81. The van der Waals surface area contributed by atoms with E-state index in [9.17, 15) is 8.42 Å². The van der Waals surface area contributed by atoms with Crippen LogP contribution in [0.25, 0.3) is 11.4 Å². The van der Waals surface area contributed by atoms with Crippen LogP contribution in [0.15, 0.2) is 64.0 Å². The van der Waals surface area contributed by atoms with Crippen LogP contribution >= 0.6 is 0 Å². The Bertz CT molecular complexity index is 923. The third kappa shape index (κ3) is 3.61. The highest BCUT2D eigenvalue weighted by molar-refractivity contribution is 7.89. The largest absolute Gasteiger partial charge is 0.497 e. The molecule has 2 aromatic carbocycles. The fourth-order valence-corrected chi connectivity index (χ4v) is 3.04. The van der Waals surface area contributed by atoms with E-state index in [2.05, 4.69) is 14.9 Å². The van der Waals surface area contributed by atoms with Gasteiger partial charge < -0.3 is 9.26 Å². The number of rotatable bonds is 6. The third-order valence-corrected chi connectivity index (χ3v) is 4.68. The van der Waals surface area contributed by atoms with Gasteiger partial charge in [-0.1, -0.05) is 35.5 Å². The molecule has 0 saturated heterocycles. The maximum absolute atomic E-state index is 12.1. The Morgan fingerprint density at radius 3 is 2.67 bits per heavy atom. The predicted octanol–water partition coefficient (Wildman–Crippen LogP) is 2.22. The zero-order valence-electron chi connectivity index (χ0n) is 12.8. The van der Waals surface area contributed by atoms with Gasteiger partial charge in [-0.3, -0.25) is 0 Å². The number of aromatic nitrogens is 2. The number of nitrogens with zero attached hydrogens (tertiary/aromatic N) is 2. The quantitative estimate of drug-likeness (QED) is 0.736. The van der Waals surface area contributed by atoms with Gasteiger partial charge in [-0.2, -0.15) is 4.98 Å². The molecule has 0 spiro atoms. The summed E-state index contributed by atoms with van der Waals surface area (Å²) in [4.78, 5) is 4.37. The molecular weight excluding hydrogens is 330 g/mol. The van der Waals surface area contributed by atoms with Crippen LogP contribution < -0.4 is 9.46 Å². The van der Waals surface area contributed by atoms with Gasteiger partial charge in [0, 0.05) is 5.56 Å². The van der Waals surface area contributed by atoms with Crippen LogP contribution in [-0.2, 0) is 16.6 Å². The summed E-state index contributed by atoms with van der Waals surface area (Å²) in [5.41, 5.74) is 0.718. The van der Waals surface area contributed by atoms with Crippen molar-refractivity contribution in [1.29, 1.82) is 0 Å². The van der Waals surface area contributed by atoms with Gasteiger partial charge in [0.1, 0.15) is 5.75 Å². The van der Waals surface area contributed by atoms with Crippen LogP contribution in [0.5, 0.6) is 5.75 Å². The van der Waals surface area contributed by atoms with Crippen molar-refractivity contribution in [3.63, 3.8) is 0 Å². The van der Waals surface area contributed by atoms with Crippen LogP contribution in [0.4, 0.5) is 0 Å². The number of hydrogen-bond acceptors (Lipinski definition) is 6. The second-order valence-electron chi connectivity index (χ2n) is 4.88. The molecule has 1 aromatic heterocycles. The summed E-state index contributed by atoms with van der Waals surface area (Å²) in [6.07, 6.45) is 0. The number of hydrogen-bond donors (Lipinski definition) is 1. The van der Waals surface area contributed by atoms with E-state index >= 15 is 0 Å². The highest BCUT2D eigenvalue weighted by Crippen LogP contribution is 2.21. The zero-order valence-corrected chi connectivity index (χ0v) is 13.7. The average molecular weight is 345 g/mol. The molecule has 24 heavy (non-hydrogen) atoms. The summed E-state index contributed by atoms with van der Waals surface area (Å²) in [6.45, 7) is -0.0891. The molecule has 7 nitrogen and oxygen atoms in total. The van der Waals surface area contributed by atoms with Gasteiger partial charge in [-0.05, 0) is 24.3 Å². The van der Waals surface area contributed by atoms with Gasteiger partial charge in [-0.15, -0.1) is 0 Å². The predicted molar refractivity (Wildman–Crippen MR) is 86.8 cm³/mol. The maximum atomic E-state index is 12.1. The smallest absolute Gasteiger partial charge is 0.242 e. The molecule has 0 aliphatic carbocycles. The number of sulfonamides is 1. The lowest BCUT2D eigenvalue weighted by molar-refractivity contribution is 0.376. The molecule has 0 aliphatic heterocycles. The summed E-state index contributed by atoms with van der Waals surface area (Å²) in [5.74, 6) is 1.21. The molecule has 1 N–H and O–H groups in total. The first kappa shape index (κ1) is 16.2. The Balaban J connectivity index is 1.72. The molecule has 1 heterocycles. The lowest BCUT2D eigenvalue weighted by Gasteiger charge is -2.03. The molecule has 0 atom stereocenters. The van der Waals surface area contributed by atoms with Gasteiger partial charge in [0.05, 0.1) is 18.6 Å². The number of methoxy groups -OCH3 is 1. The van der Waals surface area contributed by atoms with Crippen molar-refractivity contribution in [2.24, 2.45) is 0 Å². The van der Waals surface area contributed by atoms with Crippen LogP contribution in [0.3, 0.4) is 0 Å². The normalized spacial score (nSPS) is 11.4. The average Bonchev–Trinajstić information content (AvgIpc) is 3.10. The van der Waals surface area contributed by atoms with Crippen LogP contribution in [0.1, 0.15) is 5.89 Å². The van der Waals surface area contributed by atoms with Crippen molar-refractivity contribution in [2.45, 2.75) is 11.4 Å². The summed E-state index contributed by atoms with van der Waals surface area (Å²) in [6, 6.07) is 15.3. The van der Waals surface area contributed by atoms with Gasteiger partial charge in [0.2, 0.25) is 21.7 Å². The van der Waals surface area contributed by atoms with E-state index in [1.165, 1.54) is 12.1 Å². The molecular formula is C16H15N3O4S. The standard InChI is InChI=1S/C16H15N3O4S/c1-22-13-7-5-6-12(10-13)16-18-15(23-19-16)11-17-24(20,21)14-8-3-2-4-9-14/h2-10,17H,11H2,1H3. The molecule has 8 heteroatoms. The minimum Gasteiger partial charge on any atom is -0.497 e. The molecule has 0 amide bonds. The fourth-order valence-electron chi connectivity index (χ4n) is 2.05. The van der Waals surface area contributed by atoms with E-state index < -0.39 is 10.0 Å². The molecule has 3 aromatic rings. The van der Waals surface area contributed by atoms with E-state index in [4.69, 9.17) is 9.26 Å². The first-order valence-corrected chi connectivity index (χ1v) is 8.58. The summed E-state index contributed by atoms with van der Waals surface area (Å²) < 4.78 is 37.0. The Kier molecular flexibility index (Phi) is 4.59. The fraction of sp³-hybridized carbons (Fsp3) is 0.125. The minimum absolute atomic E-state index is 0.0891. The lowest BCUT2D eigenvalue weighted by atomic mass is 10.2. The number of nitrogens with one attached hydrogen (secondary N) is 1. The molecule has 0 aliphatic rings. The van der Waals surface area contributed by atoms with E-state index in [1.807, 2.05) is 12.1 Å². The number of ether oxygens (including phenoxy) is 1. The highest BCUT2D eigenvalue weighted by Gasteiger charge is 2.16. The monoisotopic (exact) mass is 345 g/mol. The van der Waals surface area contributed by atoms with Gasteiger partial charge in [0.25, 0.3) is 0 Å². The first-order valence-electron chi connectivity index (χ1n) is 7.10. The summed E-state index contributed by atoms with van der Waals surface area (Å²) >= 11 is 0. The Morgan fingerprint density at radius 1 is 1.12 bits per heavy atom. The zero-order chi connectivity index (χ0) is 17.0. The van der Waals surface area contributed by atoms with Gasteiger partial charge in [0.15, 0.2) is 0 Å². The second-order valence-corrected chi connectivity index (χ2v) is 6.65. The van der Waals surface area contributed by atoms with Crippen molar-refractivity contribution in [2.75, 3.05) is 7.11 Å². The molecule has 0 unspecified atom stereocenters. The summed E-state index contributed by atoms with van der Waals surface area (Å²) in [7, 11) is -2.05. The lowest BCUT2D eigenvalue weighted by Crippen LogP contribution is -2.23. The highest BCUT2D eigenvalue weighted by atomic mass is 32.2. The van der Waals surface area contributed by atoms with E-state index in [0.29, 0.717) is 11.6 Å². The Labute approximate surface area is 139 Å². The van der Waals surface area contributed by atoms with Gasteiger partial charge in [-0.25, -0.2) is 13.1 Å². The summed E-state index contributed by atoms with van der Waals surface area (Å²) in [5, 5.41) is 3.86. The van der Waals surface area contributed by atoms with Crippen molar-refractivity contribution >= 4 is 10.0 Å². The Morgan fingerprint density at radius 2 is 1.92 bits per heavy atom. The van der Waals surface area contributed by atoms with Gasteiger partial charge >= 0.3 is 0 Å². The third-order valence-electron chi connectivity index (χ3n) is 3.26. The molecule has 0 fully saturated rings. The van der Waals surface area contributed by atoms with Crippen LogP contribution in [0.2, 0.25) is 0 Å². The Hall–Kier alpha value is -2.71. The molecule has 3 rings (SSSR count). The van der Waals surface area contributed by atoms with E-state index in [0.717, 1.165) is 5.56 Å². The molecule has 0 radical (unpaired) electrons. The topological polar surface area (TPSA) is 94.3 Å². The van der Waals surface area contributed by atoms with Crippen LogP contribution in [-0.4, -0.2) is 25.7 Å². The molecule has 124 valence electrons. The van der Waals surface area contributed by atoms with Crippen molar-refractivity contribution in [1.82, 2.24) is 14.9 Å². The number of benzene rings is 2. The minimum atomic E-state index is -3.62. The van der Waals surface area contributed by atoms with Crippen molar-refractivity contribution in [3.8, 4) is 17.1 Å². The van der Waals surface area contributed by atoms with Crippen LogP contribution in [0, 0.1) is 0 Å². The SMILES string of the molecule is COc1cccc(-c2noc(CNS(=O)(=O)c3ccccc3)n2)c1. The van der Waals surface area contributed by atoms with E-state index in [-0.39, 0.29) is 17.3 Å². The maximum Gasteiger partial charge on any atom is 0.242 e. The van der Waals surface area contributed by atoms with Crippen molar-refractivity contribution in [3.05, 3.63) is 60.5 Å². The molecule has 0 saturated carbocycles. The van der Waals surface area contributed by atoms with E-state index in [1.54, 1.807) is 37.4 Å². The first-order chi connectivity index (χ1) is 11.6. The van der Waals surface area contributed by atoms with Crippen molar-refractivity contribution < 1.29 is 17.7 Å². The molecule has 0 bridgehead atoms.